The van der Waals surface area contributed by atoms with Gasteiger partial charge in [-0.15, -0.1) is 0 Å². The third-order valence-corrected chi connectivity index (χ3v) is 0. The molecule has 0 amide bonds. The smallest absolute Gasteiger partial charge is 0 e. The van der Waals surface area contributed by atoms with Crippen LogP contribution in [0.15, 0.2) is 0 Å². The predicted octanol–water partition coefficient (Wildman–Crippen LogP) is -0.381. The van der Waals surface area contributed by atoms with Crippen molar-refractivity contribution in [2.45, 2.75) is 0 Å². The molecule has 0 atom stereocenters. The van der Waals surface area contributed by atoms with E-state index in [2.05, 4.69) is 0 Å². The number of hydrogen-bond donors (Lipinski definition) is 0. The molecule has 3 radical (unpaired) electrons. The molecular formula is Ce3In. The number of hydrogen-bond acceptors (Lipinski definition) is 0. The topological polar surface area (TPSA) is 0 Å². The van der Waals surface area contributed by atoms with Crippen molar-refractivity contribution in [1.82, 2.24) is 0 Å². The minimum atomic E-state index is 0. The first-order chi connectivity index (χ1) is 0. The van der Waals surface area contributed by atoms with E-state index < -0.39 is 0 Å². The van der Waals surface area contributed by atoms with Crippen molar-refractivity contribution in [3.63, 3.8) is 0 Å². The molecule has 0 aliphatic rings. The van der Waals surface area contributed by atoms with Gasteiger partial charge in [-0.25, -0.2) is 0 Å². The first kappa shape index (κ1) is 23.0. The van der Waals surface area contributed by atoms with Crippen molar-refractivity contribution in [1.29, 1.82) is 0 Å². The van der Waals surface area contributed by atoms with E-state index in [1.807, 2.05) is 0 Å². The van der Waals surface area contributed by atoms with Crippen LogP contribution in [0.2, 0.25) is 0 Å². The van der Waals surface area contributed by atoms with E-state index in [4.69, 9.17) is 0 Å². The van der Waals surface area contributed by atoms with E-state index in [0.29, 0.717) is 0 Å². The van der Waals surface area contributed by atoms with Crippen LogP contribution in [0.5, 0.6) is 0 Å². The molecule has 0 aliphatic carbocycles. The van der Waals surface area contributed by atoms with E-state index in [1.54, 1.807) is 0 Å². The van der Waals surface area contributed by atoms with Crippen LogP contribution in [0, 0.1) is 125 Å². The minimum absolute atomic E-state index is 0. The van der Waals surface area contributed by atoms with Gasteiger partial charge >= 0.3 is 0 Å². The SMILES string of the molecule is [Ce].[Ce].[Ce].[In]. The molecule has 0 nitrogen and oxygen atoms in total. The van der Waals surface area contributed by atoms with Gasteiger partial charge in [-0.2, -0.15) is 0 Å². The van der Waals surface area contributed by atoms with Crippen molar-refractivity contribution in [3.8, 4) is 0 Å². The Hall–Kier alpha value is 5.00. The van der Waals surface area contributed by atoms with Crippen LogP contribution >= 0.6 is 0 Å². The molecule has 0 bridgehead atoms. The van der Waals surface area contributed by atoms with Gasteiger partial charge < -0.3 is 0 Å². The average molecular weight is 535 g/mol. The summed E-state index contributed by atoms with van der Waals surface area (Å²) in [5.74, 6) is 0. The number of rotatable bonds is 0. The van der Waals surface area contributed by atoms with E-state index in [-0.39, 0.29) is 151 Å². The quantitative estimate of drug-likeness (QED) is 0.397. The summed E-state index contributed by atoms with van der Waals surface area (Å²) in [5.41, 5.74) is 0. The van der Waals surface area contributed by atoms with Gasteiger partial charge in [0.25, 0.3) is 0 Å². The van der Waals surface area contributed by atoms with Gasteiger partial charge in [-0.05, 0) is 0 Å². The Morgan fingerprint density at radius 1 is 0.500 bits per heavy atom. The van der Waals surface area contributed by atoms with Gasteiger partial charge in [-0.1, -0.05) is 0 Å². The summed E-state index contributed by atoms with van der Waals surface area (Å²) >= 11 is 0. The van der Waals surface area contributed by atoms with Gasteiger partial charge in [-0.3, -0.25) is 0 Å². The van der Waals surface area contributed by atoms with Crippen molar-refractivity contribution in [2.75, 3.05) is 0 Å². The van der Waals surface area contributed by atoms with E-state index in [0.717, 1.165) is 0 Å². The zero-order valence-electron chi connectivity index (χ0n) is 2.08. The van der Waals surface area contributed by atoms with Gasteiger partial charge in [0, 0.05) is 151 Å². The molecule has 4 heavy (non-hydrogen) atoms. The second-order valence-electron chi connectivity index (χ2n) is 0. The Morgan fingerprint density at radius 3 is 0.500 bits per heavy atom. The fourth-order valence-corrected chi connectivity index (χ4v) is 0. The van der Waals surface area contributed by atoms with E-state index in [1.165, 1.54) is 0 Å². The molecule has 0 heterocycles. The molecule has 0 unspecified atom stereocenters. The third kappa shape index (κ3) is 10.1. The molecule has 0 spiro atoms. The Kier molecular flexibility index (Phi) is 90.3. The van der Waals surface area contributed by atoms with Gasteiger partial charge in [0.2, 0.25) is 0 Å². The zero-order chi connectivity index (χ0) is 0. The molecule has 0 aromatic rings. The maximum atomic E-state index is 0. The molecule has 4 heteroatoms. The summed E-state index contributed by atoms with van der Waals surface area (Å²) in [6.45, 7) is 0. The largest absolute Gasteiger partial charge is 0 e. The van der Waals surface area contributed by atoms with Crippen molar-refractivity contribution in [2.24, 2.45) is 0 Å². The Bertz CT molecular complexity index is 3.25. The fourth-order valence-electron chi connectivity index (χ4n) is 0. The summed E-state index contributed by atoms with van der Waals surface area (Å²) in [6, 6.07) is 0. The van der Waals surface area contributed by atoms with Crippen LogP contribution < -0.4 is 0 Å². The second-order valence-corrected chi connectivity index (χ2v) is 0. The van der Waals surface area contributed by atoms with Crippen LogP contribution in [0.1, 0.15) is 0 Å². The Labute approximate surface area is 146 Å². The molecule has 0 aromatic heterocycles. The molecule has 0 saturated heterocycles. The molecule has 0 saturated carbocycles. The van der Waals surface area contributed by atoms with Gasteiger partial charge in [0.1, 0.15) is 0 Å². The van der Waals surface area contributed by atoms with Crippen molar-refractivity contribution < 1.29 is 125 Å². The molecule has 0 aliphatic heterocycles. The molecular weight excluding hydrogens is 535 g/mol. The predicted molar refractivity (Wildman–Crippen MR) is 5.75 cm³/mol. The van der Waals surface area contributed by atoms with Crippen LogP contribution in [-0.4, -0.2) is 25.8 Å². The second kappa shape index (κ2) is 15.7. The van der Waals surface area contributed by atoms with Crippen LogP contribution in [0.3, 0.4) is 0 Å². The monoisotopic (exact) mass is 535 g/mol. The normalized spacial score (nSPS) is 0. The van der Waals surface area contributed by atoms with E-state index in [9.17, 15) is 0 Å². The standard InChI is InChI=1S/3Ce.In. The van der Waals surface area contributed by atoms with Gasteiger partial charge in [0.15, 0.2) is 0 Å². The molecule has 0 fully saturated rings. The summed E-state index contributed by atoms with van der Waals surface area (Å²) < 4.78 is 0. The first-order valence-electron chi connectivity index (χ1n) is 0. The van der Waals surface area contributed by atoms with Gasteiger partial charge in [0.05, 0.1) is 0 Å². The third-order valence-electron chi connectivity index (χ3n) is 0. The minimum Gasteiger partial charge on any atom is 0 e. The first-order valence-corrected chi connectivity index (χ1v) is 0. The maximum Gasteiger partial charge on any atom is 0 e. The van der Waals surface area contributed by atoms with Crippen LogP contribution in [0.4, 0.5) is 0 Å². The zero-order valence-corrected chi connectivity index (χ0v) is 14.8. The van der Waals surface area contributed by atoms with Crippen molar-refractivity contribution >= 4 is 25.8 Å². The molecule has 15 valence electrons. The molecule has 0 N–H and O–H groups in total. The summed E-state index contributed by atoms with van der Waals surface area (Å²) in [5, 5.41) is 0. The molecule has 0 aromatic carbocycles. The summed E-state index contributed by atoms with van der Waals surface area (Å²) in [4.78, 5) is 0. The van der Waals surface area contributed by atoms with Crippen LogP contribution in [0.25, 0.3) is 0 Å². The Morgan fingerprint density at radius 2 is 0.500 bits per heavy atom. The fraction of sp³-hybridized carbons (Fsp3) is 0. The van der Waals surface area contributed by atoms with Crippen LogP contribution in [-0.2, 0) is 0 Å². The maximum absolute atomic E-state index is 0. The summed E-state index contributed by atoms with van der Waals surface area (Å²) in [7, 11) is 0. The summed E-state index contributed by atoms with van der Waals surface area (Å²) in [6.07, 6.45) is 0. The average Bonchev–Trinajstić information content (AvgIpc) is 0. The van der Waals surface area contributed by atoms with Crippen molar-refractivity contribution in [3.05, 3.63) is 0 Å². The Balaban J connectivity index is 0. The van der Waals surface area contributed by atoms with E-state index >= 15 is 0 Å². The molecule has 0 rings (SSSR count).